The number of hydrogen-bond donors (Lipinski definition) is 0. The Morgan fingerprint density at radius 2 is 0.594 bits per heavy atom. The SMILES string of the molecule is CC1C(C)(C)C(C)(C)C(CC2C(C)(C)C(C)(C)C(C)(C)C(C)(C)C2(C)C)C(C)(C)C1(C)C. The Labute approximate surface area is 204 Å². The maximum Gasteiger partial charge on any atom is -0.0241 e. The highest BCUT2D eigenvalue weighted by Crippen LogP contribution is 2.77. The van der Waals surface area contributed by atoms with Crippen molar-refractivity contribution in [3.05, 3.63) is 0 Å². The first kappa shape index (κ1) is 28.2. The Morgan fingerprint density at radius 3 is 0.875 bits per heavy atom. The topological polar surface area (TPSA) is 0 Å². The molecular formula is C32H62. The van der Waals surface area contributed by atoms with Gasteiger partial charge in [0.1, 0.15) is 0 Å². The zero-order valence-electron chi connectivity index (χ0n) is 25.9. The minimum Gasteiger partial charge on any atom is -0.0614 e. The standard InChI is InChI=1S/C32H62/c1-21-24(2,3)26(6,7)22(27(8,9)25(21,4)5)20-23-28(10,11)30(14,15)32(18,19)31(16,17)29(23,12)13/h21-23H,20H2,1-19H3. The fourth-order valence-corrected chi connectivity index (χ4v) is 9.40. The van der Waals surface area contributed by atoms with Crippen LogP contribution in [0.15, 0.2) is 0 Å². The lowest BCUT2D eigenvalue weighted by Crippen LogP contribution is -2.69. The molecule has 0 amide bonds. The molecule has 0 bridgehead atoms. The molecule has 0 unspecified atom stereocenters. The van der Waals surface area contributed by atoms with Gasteiger partial charge < -0.3 is 0 Å². The van der Waals surface area contributed by atoms with Crippen LogP contribution in [0, 0.1) is 66.5 Å². The molecule has 2 rings (SSSR count). The molecule has 32 heavy (non-hydrogen) atoms. The molecule has 0 aromatic heterocycles. The van der Waals surface area contributed by atoms with Gasteiger partial charge in [-0.15, -0.1) is 0 Å². The fraction of sp³-hybridized carbons (Fsp3) is 1.00. The van der Waals surface area contributed by atoms with Crippen LogP contribution < -0.4 is 0 Å². The molecule has 0 N–H and O–H groups in total. The summed E-state index contributed by atoms with van der Waals surface area (Å²) in [5, 5.41) is 0. The molecule has 2 saturated carbocycles. The van der Waals surface area contributed by atoms with Crippen molar-refractivity contribution in [3.63, 3.8) is 0 Å². The first-order valence-corrected chi connectivity index (χ1v) is 13.6. The third-order valence-corrected chi connectivity index (χ3v) is 15.8. The third kappa shape index (κ3) is 2.86. The predicted octanol–water partition coefficient (Wildman–Crippen LogP) is 10.5. The van der Waals surface area contributed by atoms with Crippen molar-refractivity contribution >= 4 is 0 Å². The molecule has 0 nitrogen and oxygen atoms in total. The van der Waals surface area contributed by atoms with Crippen LogP contribution in [-0.2, 0) is 0 Å². The Morgan fingerprint density at radius 1 is 0.344 bits per heavy atom. The molecule has 0 aromatic rings. The molecule has 0 heteroatoms. The first-order valence-electron chi connectivity index (χ1n) is 13.6. The smallest absolute Gasteiger partial charge is 0.0241 e. The summed E-state index contributed by atoms with van der Waals surface area (Å²) in [6, 6.07) is 0. The average molecular weight is 447 g/mol. The predicted molar refractivity (Wildman–Crippen MR) is 145 cm³/mol. The minimum atomic E-state index is 0.241. The van der Waals surface area contributed by atoms with Crippen molar-refractivity contribution in [1.82, 2.24) is 0 Å². The summed E-state index contributed by atoms with van der Waals surface area (Å²) in [6.07, 6.45) is 1.32. The number of hydrogen-bond acceptors (Lipinski definition) is 0. The summed E-state index contributed by atoms with van der Waals surface area (Å²) >= 11 is 0. The second-order valence-electron chi connectivity index (χ2n) is 17.3. The van der Waals surface area contributed by atoms with E-state index in [-0.39, 0.29) is 37.9 Å². The van der Waals surface area contributed by atoms with Crippen LogP contribution in [0.1, 0.15) is 138 Å². The van der Waals surface area contributed by atoms with Gasteiger partial charge in [0, 0.05) is 0 Å². The Hall–Kier alpha value is 0. The van der Waals surface area contributed by atoms with E-state index in [9.17, 15) is 0 Å². The van der Waals surface area contributed by atoms with Crippen LogP contribution in [0.3, 0.4) is 0 Å². The highest BCUT2D eigenvalue weighted by atomic mass is 14.7. The highest BCUT2D eigenvalue weighted by molar-refractivity contribution is 5.19. The molecular weight excluding hydrogens is 384 g/mol. The van der Waals surface area contributed by atoms with Gasteiger partial charge in [0.2, 0.25) is 0 Å². The summed E-state index contributed by atoms with van der Waals surface area (Å²) in [6.45, 7) is 49.0. The zero-order valence-corrected chi connectivity index (χ0v) is 25.9. The molecule has 0 saturated heterocycles. The van der Waals surface area contributed by atoms with Gasteiger partial charge in [0.25, 0.3) is 0 Å². The lowest BCUT2D eigenvalue weighted by Gasteiger charge is -2.75. The van der Waals surface area contributed by atoms with Crippen LogP contribution >= 0.6 is 0 Å². The fourth-order valence-electron chi connectivity index (χ4n) is 9.40. The lowest BCUT2D eigenvalue weighted by molar-refractivity contribution is -0.269. The molecule has 0 aromatic carbocycles. The van der Waals surface area contributed by atoms with E-state index in [1.807, 2.05) is 0 Å². The van der Waals surface area contributed by atoms with E-state index in [4.69, 9.17) is 0 Å². The van der Waals surface area contributed by atoms with E-state index in [1.54, 1.807) is 0 Å². The maximum absolute atomic E-state index is 2.61. The average Bonchev–Trinajstić information content (AvgIpc) is 2.57. The van der Waals surface area contributed by atoms with Crippen LogP contribution in [0.4, 0.5) is 0 Å². The summed E-state index contributed by atoms with van der Waals surface area (Å²) in [7, 11) is 0. The molecule has 0 spiro atoms. The minimum absolute atomic E-state index is 0.241. The molecule has 0 heterocycles. The molecule has 0 radical (unpaired) electrons. The van der Waals surface area contributed by atoms with E-state index in [0.717, 1.165) is 0 Å². The van der Waals surface area contributed by atoms with Crippen LogP contribution in [-0.4, -0.2) is 0 Å². The summed E-state index contributed by atoms with van der Waals surface area (Å²) in [4.78, 5) is 0. The quantitative estimate of drug-likeness (QED) is 0.395. The second-order valence-corrected chi connectivity index (χ2v) is 17.3. The molecule has 2 fully saturated rings. The molecule has 0 aliphatic heterocycles. The van der Waals surface area contributed by atoms with Crippen LogP contribution in [0.2, 0.25) is 0 Å². The van der Waals surface area contributed by atoms with Crippen LogP contribution in [0.25, 0.3) is 0 Å². The van der Waals surface area contributed by atoms with Gasteiger partial charge in [-0.3, -0.25) is 0 Å². The van der Waals surface area contributed by atoms with Gasteiger partial charge in [0.15, 0.2) is 0 Å². The maximum atomic E-state index is 2.61. The van der Waals surface area contributed by atoms with E-state index < -0.39 is 0 Å². The van der Waals surface area contributed by atoms with E-state index >= 15 is 0 Å². The van der Waals surface area contributed by atoms with Crippen molar-refractivity contribution in [3.8, 4) is 0 Å². The van der Waals surface area contributed by atoms with E-state index in [0.29, 0.717) is 28.6 Å². The first-order chi connectivity index (χ1) is 13.6. The Bertz CT molecular complexity index is 674. The van der Waals surface area contributed by atoms with Gasteiger partial charge in [-0.1, -0.05) is 132 Å². The molecule has 190 valence electrons. The van der Waals surface area contributed by atoms with Crippen molar-refractivity contribution in [2.45, 2.75) is 138 Å². The van der Waals surface area contributed by atoms with E-state index in [2.05, 4.69) is 132 Å². The van der Waals surface area contributed by atoms with Crippen molar-refractivity contribution in [1.29, 1.82) is 0 Å². The van der Waals surface area contributed by atoms with Gasteiger partial charge >= 0.3 is 0 Å². The Balaban J connectivity index is 2.77. The lowest BCUT2D eigenvalue weighted by atomic mass is 9.29. The normalized spacial score (nSPS) is 37.6. The molecule has 0 atom stereocenters. The van der Waals surface area contributed by atoms with Crippen molar-refractivity contribution in [2.24, 2.45) is 66.5 Å². The largest absolute Gasteiger partial charge is 0.0614 e. The second kappa shape index (κ2) is 6.81. The molecule has 2 aliphatic rings. The van der Waals surface area contributed by atoms with Gasteiger partial charge in [0.05, 0.1) is 0 Å². The van der Waals surface area contributed by atoms with Gasteiger partial charge in [-0.2, -0.15) is 0 Å². The van der Waals surface area contributed by atoms with E-state index in [1.165, 1.54) is 6.42 Å². The van der Waals surface area contributed by atoms with Crippen LogP contribution in [0.5, 0.6) is 0 Å². The highest BCUT2D eigenvalue weighted by Gasteiger charge is 2.71. The van der Waals surface area contributed by atoms with Gasteiger partial charge in [-0.05, 0) is 72.9 Å². The Kier molecular flexibility index (Phi) is 6.01. The summed E-state index contributed by atoms with van der Waals surface area (Å²) in [5.41, 5.74) is 2.37. The van der Waals surface area contributed by atoms with Crippen molar-refractivity contribution in [2.75, 3.05) is 0 Å². The third-order valence-electron chi connectivity index (χ3n) is 15.8. The monoisotopic (exact) mass is 446 g/mol. The summed E-state index contributed by atoms with van der Waals surface area (Å²) < 4.78 is 0. The van der Waals surface area contributed by atoms with Gasteiger partial charge in [-0.25, -0.2) is 0 Å². The zero-order chi connectivity index (χ0) is 25.9. The summed E-state index contributed by atoms with van der Waals surface area (Å²) in [5.74, 6) is 2.01. The molecule has 2 aliphatic carbocycles. The van der Waals surface area contributed by atoms with Crippen molar-refractivity contribution < 1.29 is 0 Å². The number of rotatable bonds is 2.